The summed E-state index contributed by atoms with van der Waals surface area (Å²) in [6, 6.07) is 0. The zero-order valence-corrected chi connectivity index (χ0v) is 5.63. The van der Waals surface area contributed by atoms with Crippen LogP contribution in [-0.2, 0) is 0 Å². The molecule has 1 heterocycles. The third kappa shape index (κ3) is 1.53. The van der Waals surface area contributed by atoms with Gasteiger partial charge in [-0.05, 0) is 6.08 Å². The minimum Gasteiger partial charge on any atom is -0.251 e. The van der Waals surface area contributed by atoms with Crippen molar-refractivity contribution < 1.29 is 0 Å². The van der Waals surface area contributed by atoms with Gasteiger partial charge in [0.25, 0.3) is 0 Å². The second-order valence-corrected chi connectivity index (χ2v) is 1.83. The van der Waals surface area contributed by atoms with Crippen LogP contribution in [-0.4, -0.2) is 11.4 Å². The fraction of sp³-hybridized carbons (Fsp3) is 0. The molecule has 0 fully saturated rings. The summed E-state index contributed by atoms with van der Waals surface area (Å²) in [7, 11) is 0. The molecule has 5 nitrogen and oxygen atoms in total. The molecule has 0 saturated carbocycles. The van der Waals surface area contributed by atoms with Gasteiger partial charge in [-0.1, -0.05) is 16.8 Å². The molecule has 52 valence electrons. The van der Waals surface area contributed by atoms with E-state index in [0.717, 1.165) is 5.23 Å². The van der Waals surface area contributed by atoms with Crippen molar-refractivity contribution in [1.29, 1.82) is 5.26 Å². The molecule has 10 heavy (non-hydrogen) atoms. The van der Waals surface area contributed by atoms with Crippen LogP contribution >= 0.6 is 11.6 Å². The van der Waals surface area contributed by atoms with Crippen LogP contribution in [0.2, 0.25) is 0 Å². The minimum absolute atomic E-state index is 0.401. The van der Waals surface area contributed by atoms with Crippen LogP contribution in [0, 0.1) is 11.5 Å². The molecule has 0 aliphatic carbocycles. The third-order valence-corrected chi connectivity index (χ3v) is 0.982. The Morgan fingerprint density at radius 1 is 1.90 bits per heavy atom. The molecule has 0 aromatic rings. The van der Waals surface area contributed by atoms with Crippen molar-refractivity contribution in [3.63, 3.8) is 0 Å². The van der Waals surface area contributed by atoms with E-state index in [0.29, 0.717) is 5.16 Å². The SMILES string of the molecule is N#CNN1N=CC=C(Cl)N1. The fourth-order valence-corrected chi connectivity index (χ4v) is 0.573. The lowest BCUT2D eigenvalue weighted by Gasteiger charge is -2.18. The number of allylic oxidation sites excluding steroid dienone is 1. The molecular weight excluding hydrogens is 154 g/mol. The van der Waals surface area contributed by atoms with Crippen molar-refractivity contribution in [3.8, 4) is 6.19 Å². The molecule has 0 unspecified atom stereocenters. The maximum absolute atomic E-state index is 8.13. The average Bonchev–Trinajstić information content (AvgIpc) is 1.88. The summed E-state index contributed by atoms with van der Waals surface area (Å²) in [5.74, 6) is 0. The topological polar surface area (TPSA) is 63.5 Å². The maximum atomic E-state index is 8.13. The largest absolute Gasteiger partial charge is 0.251 e. The molecule has 0 aromatic heterocycles. The van der Waals surface area contributed by atoms with Crippen LogP contribution in [0.25, 0.3) is 0 Å². The number of rotatable bonds is 1. The predicted molar refractivity (Wildman–Crippen MR) is 36.2 cm³/mol. The monoisotopic (exact) mass is 157 g/mol. The number of nitrogens with one attached hydrogen (secondary N) is 2. The summed E-state index contributed by atoms with van der Waals surface area (Å²) < 4.78 is 0. The zero-order valence-electron chi connectivity index (χ0n) is 4.87. The predicted octanol–water partition coefficient (Wildman–Crippen LogP) is -0.142. The van der Waals surface area contributed by atoms with Crippen molar-refractivity contribution in [3.05, 3.63) is 11.2 Å². The van der Waals surface area contributed by atoms with Crippen LogP contribution in [0.4, 0.5) is 0 Å². The van der Waals surface area contributed by atoms with Crippen LogP contribution in [0.3, 0.4) is 0 Å². The Hall–Kier alpha value is -1.41. The number of hydrogen-bond donors (Lipinski definition) is 2. The second kappa shape index (κ2) is 2.94. The Kier molecular flexibility index (Phi) is 1.97. The third-order valence-electron chi connectivity index (χ3n) is 0.772. The number of halogens is 1. The van der Waals surface area contributed by atoms with Gasteiger partial charge in [0.15, 0.2) is 6.19 Å². The lowest BCUT2D eigenvalue weighted by atomic mass is 10.6. The first-order valence-corrected chi connectivity index (χ1v) is 2.82. The number of nitriles is 1. The van der Waals surface area contributed by atoms with Gasteiger partial charge in [-0.2, -0.15) is 10.7 Å². The van der Waals surface area contributed by atoms with Crippen molar-refractivity contribution in [2.45, 2.75) is 0 Å². The first-order valence-electron chi connectivity index (χ1n) is 2.44. The summed E-state index contributed by atoms with van der Waals surface area (Å²) in [5, 5.41) is 13.3. The van der Waals surface area contributed by atoms with Crippen molar-refractivity contribution in [2.75, 3.05) is 0 Å². The first-order chi connectivity index (χ1) is 4.83. The molecule has 0 aromatic carbocycles. The molecule has 2 N–H and O–H groups in total. The molecule has 0 atom stereocenters. The van der Waals surface area contributed by atoms with Crippen molar-refractivity contribution in [1.82, 2.24) is 16.1 Å². The highest BCUT2D eigenvalue weighted by Gasteiger charge is 2.01. The molecule has 1 aliphatic rings. The quantitative estimate of drug-likeness (QED) is 0.316. The van der Waals surface area contributed by atoms with E-state index in [1.54, 1.807) is 12.3 Å². The zero-order chi connectivity index (χ0) is 7.40. The van der Waals surface area contributed by atoms with Crippen LogP contribution in [0.15, 0.2) is 16.3 Å². The average molecular weight is 158 g/mol. The van der Waals surface area contributed by atoms with E-state index < -0.39 is 0 Å². The Bertz CT molecular complexity index is 214. The van der Waals surface area contributed by atoms with Crippen LogP contribution in [0.1, 0.15) is 0 Å². The summed E-state index contributed by atoms with van der Waals surface area (Å²) in [5.41, 5.74) is 4.77. The highest BCUT2D eigenvalue weighted by Crippen LogP contribution is 1.98. The number of nitrogens with zero attached hydrogens (tertiary/aromatic N) is 3. The van der Waals surface area contributed by atoms with Gasteiger partial charge in [0.1, 0.15) is 5.16 Å². The van der Waals surface area contributed by atoms with Gasteiger partial charge in [-0.3, -0.25) is 5.43 Å². The van der Waals surface area contributed by atoms with Gasteiger partial charge in [0.2, 0.25) is 0 Å². The molecule has 0 radical (unpaired) electrons. The summed E-state index contributed by atoms with van der Waals surface area (Å²) >= 11 is 5.51. The molecule has 1 aliphatic heterocycles. The highest BCUT2D eigenvalue weighted by molar-refractivity contribution is 6.30. The first kappa shape index (κ1) is 6.71. The number of hydrogen-bond acceptors (Lipinski definition) is 5. The Balaban J connectivity index is 2.49. The van der Waals surface area contributed by atoms with Gasteiger partial charge < -0.3 is 0 Å². The van der Waals surface area contributed by atoms with Gasteiger partial charge in [0, 0.05) is 0 Å². The van der Waals surface area contributed by atoms with E-state index in [1.165, 1.54) is 6.21 Å². The number of hydrazone groups is 1. The van der Waals surface area contributed by atoms with Crippen LogP contribution < -0.4 is 10.9 Å². The normalized spacial score (nSPS) is 15.2. The van der Waals surface area contributed by atoms with Gasteiger partial charge in [-0.15, -0.1) is 5.10 Å². The molecule has 0 saturated heterocycles. The highest BCUT2D eigenvalue weighted by atomic mass is 35.5. The van der Waals surface area contributed by atoms with Crippen LogP contribution in [0.5, 0.6) is 0 Å². The van der Waals surface area contributed by atoms with E-state index >= 15 is 0 Å². The molecule has 0 bridgehead atoms. The number of hydrazine groups is 2. The van der Waals surface area contributed by atoms with E-state index in [4.69, 9.17) is 16.9 Å². The second-order valence-electron chi connectivity index (χ2n) is 1.43. The van der Waals surface area contributed by atoms with Crippen molar-refractivity contribution in [2.24, 2.45) is 5.10 Å². The Labute approximate surface area is 62.5 Å². The van der Waals surface area contributed by atoms with Gasteiger partial charge >= 0.3 is 0 Å². The minimum atomic E-state index is 0.401. The molecule has 6 heteroatoms. The summed E-state index contributed by atoms with van der Waals surface area (Å²) in [6.45, 7) is 0. The molecule has 0 spiro atoms. The maximum Gasteiger partial charge on any atom is 0.200 e. The molecule has 0 amide bonds. The Morgan fingerprint density at radius 3 is 3.30 bits per heavy atom. The van der Waals surface area contributed by atoms with E-state index in [9.17, 15) is 0 Å². The lowest BCUT2D eigenvalue weighted by Crippen LogP contribution is -2.41. The summed E-state index contributed by atoms with van der Waals surface area (Å²) in [4.78, 5) is 0. The summed E-state index contributed by atoms with van der Waals surface area (Å²) in [6.07, 6.45) is 4.70. The lowest BCUT2D eigenvalue weighted by molar-refractivity contribution is 0.179. The van der Waals surface area contributed by atoms with E-state index in [1.807, 2.05) is 0 Å². The van der Waals surface area contributed by atoms with Crippen molar-refractivity contribution >= 4 is 17.8 Å². The Morgan fingerprint density at radius 2 is 2.70 bits per heavy atom. The molecular formula is C4H4ClN5. The fourth-order valence-electron chi connectivity index (χ4n) is 0.437. The molecule has 1 rings (SSSR count). The smallest absolute Gasteiger partial charge is 0.200 e. The standard InChI is InChI=1S/C4H4ClN5/c5-4-1-2-7-10(9-4)8-3-6/h1-2,8-9H. The van der Waals surface area contributed by atoms with E-state index in [-0.39, 0.29) is 0 Å². The van der Waals surface area contributed by atoms with Gasteiger partial charge in [0.05, 0.1) is 6.21 Å². The van der Waals surface area contributed by atoms with Gasteiger partial charge in [-0.25, -0.2) is 0 Å². The van der Waals surface area contributed by atoms with E-state index in [2.05, 4.69) is 16.0 Å².